The Morgan fingerprint density at radius 1 is 1.11 bits per heavy atom. The molecular formula is C14H21N5. The third-order valence-electron chi connectivity index (χ3n) is 4.36. The molecule has 0 aromatic carbocycles. The molecule has 102 valence electrons. The fourth-order valence-corrected chi connectivity index (χ4v) is 3.10. The molecule has 0 aromatic heterocycles. The van der Waals surface area contributed by atoms with Crippen molar-refractivity contribution in [1.82, 2.24) is 16.0 Å². The Labute approximate surface area is 113 Å². The van der Waals surface area contributed by atoms with Gasteiger partial charge >= 0.3 is 0 Å². The maximum atomic E-state index is 4.66. The summed E-state index contributed by atoms with van der Waals surface area (Å²) in [5.74, 6) is 4.65. The van der Waals surface area contributed by atoms with E-state index in [9.17, 15) is 0 Å². The summed E-state index contributed by atoms with van der Waals surface area (Å²) >= 11 is 0. The van der Waals surface area contributed by atoms with Gasteiger partial charge < -0.3 is 16.0 Å². The average Bonchev–Trinajstić information content (AvgIpc) is 3.23. The van der Waals surface area contributed by atoms with E-state index in [4.69, 9.17) is 0 Å². The molecule has 5 heteroatoms. The third-order valence-corrected chi connectivity index (χ3v) is 4.36. The second kappa shape index (κ2) is 3.99. The molecule has 1 atom stereocenters. The van der Waals surface area contributed by atoms with Crippen LogP contribution >= 0.6 is 0 Å². The molecule has 2 aliphatic heterocycles. The van der Waals surface area contributed by atoms with Crippen LogP contribution in [0.1, 0.15) is 39.5 Å². The van der Waals surface area contributed by atoms with Crippen molar-refractivity contribution >= 4 is 11.7 Å². The maximum absolute atomic E-state index is 4.66. The van der Waals surface area contributed by atoms with Gasteiger partial charge in [0.05, 0.1) is 0 Å². The van der Waals surface area contributed by atoms with E-state index in [1.165, 1.54) is 25.7 Å². The summed E-state index contributed by atoms with van der Waals surface area (Å²) in [7, 11) is 0. The lowest BCUT2D eigenvalue weighted by molar-refractivity contribution is 0.444. The number of nitrogens with zero attached hydrogens (tertiary/aromatic N) is 2. The Kier molecular flexibility index (Phi) is 2.37. The fraction of sp³-hybridized carbons (Fsp3) is 0.714. The number of rotatable bonds is 4. The number of amidine groups is 2. The van der Waals surface area contributed by atoms with Gasteiger partial charge in [-0.1, -0.05) is 0 Å². The summed E-state index contributed by atoms with van der Waals surface area (Å²) in [5, 5.41) is 10.4. The molecule has 1 unspecified atom stereocenters. The fourth-order valence-electron chi connectivity index (χ4n) is 3.10. The van der Waals surface area contributed by atoms with Crippen molar-refractivity contribution in [1.29, 1.82) is 0 Å². The zero-order chi connectivity index (χ0) is 13.0. The minimum Gasteiger partial charge on any atom is -0.365 e. The van der Waals surface area contributed by atoms with Crippen molar-refractivity contribution in [2.24, 2.45) is 21.8 Å². The topological polar surface area (TPSA) is 60.8 Å². The minimum absolute atomic E-state index is 0.0269. The Morgan fingerprint density at radius 2 is 1.79 bits per heavy atom. The molecule has 0 aromatic rings. The summed E-state index contributed by atoms with van der Waals surface area (Å²) < 4.78 is 0. The molecule has 0 radical (unpaired) electrons. The van der Waals surface area contributed by atoms with Crippen LogP contribution < -0.4 is 16.0 Å². The predicted octanol–water partition coefficient (Wildman–Crippen LogP) is 1.30. The average molecular weight is 259 g/mol. The van der Waals surface area contributed by atoms with Crippen LogP contribution in [0.25, 0.3) is 0 Å². The maximum Gasteiger partial charge on any atom is 0.166 e. The van der Waals surface area contributed by atoms with Crippen molar-refractivity contribution < 1.29 is 0 Å². The number of aliphatic imine (C=N–C) groups is 2. The van der Waals surface area contributed by atoms with Gasteiger partial charge in [-0.2, -0.15) is 0 Å². The first-order valence-electron chi connectivity index (χ1n) is 7.34. The molecule has 2 heterocycles. The van der Waals surface area contributed by atoms with Gasteiger partial charge in [0.15, 0.2) is 12.0 Å². The third kappa shape index (κ3) is 2.11. The first-order chi connectivity index (χ1) is 9.20. The van der Waals surface area contributed by atoms with Gasteiger partial charge in [0.1, 0.15) is 17.4 Å². The zero-order valence-electron chi connectivity index (χ0n) is 11.5. The van der Waals surface area contributed by atoms with Crippen LogP contribution in [0, 0.1) is 11.8 Å². The molecule has 19 heavy (non-hydrogen) atoms. The van der Waals surface area contributed by atoms with E-state index < -0.39 is 0 Å². The Balaban J connectivity index is 1.59. The second-order valence-electron chi connectivity index (χ2n) is 6.19. The number of hydrogen-bond donors (Lipinski definition) is 3. The van der Waals surface area contributed by atoms with Gasteiger partial charge in [0, 0.05) is 6.04 Å². The van der Waals surface area contributed by atoms with E-state index in [1.54, 1.807) is 0 Å². The summed E-state index contributed by atoms with van der Waals surface area (Å²) in [5.41, 5.74) is 1.09. The van der Waals surface area contributed by atoms with E-state index in [-0.39, 0.29) is 6.17 Å². The van der Waals surface area contributed by atoms with Crippen molar-refractivity contribution in [2.75, 3.05) is 0 Å². The SMILES string of the molecule is CC1=NC2NC(C)=NC(NC(C3CC3)C3CC3)=C2N1. The molecule has 0 amide bonds. The standard InChI is InChI=1S/C14H21N5/c1-7-15-12-13(16-7)17-8(2)18-14(12)19-11(9-3-4-9)10-5-6-10/h9-11,13,19H,3-6H2,1-2H3,(H,15,16)(H,17,18). The van der Waals surface area contributed by atoms with Crippen molar-refractivity contribution in [3.05, 3.63) is 11.5 Å². The largest absolute Gasteiger partial charge is 0.365 e. The van der Waals surface area contributed by atoms with E-state index in [1.807, 2.05) is 13.8 Å². The summed E-state index contributed by atoms with van der Waals surface area (Å²) in [4.78, 5) is 9.21. The molecule has 2 fully saturated rings. The monoisotopic (exact) mass is 259 g/mol. The normalized spacial score (nSPS) is 29.5. The molecule has 0 saturated heterocycles. The Bertz CT molecular complexity index is 484. The highest BCUT2D eigenvalue weighted by atomic mass is 15.3. The van der Waals surface area contributed by atoms with Gasteiger partial charge in [-0.15, -0.1) is 0 Å². The number of nitrogens with one attached hydrogen (secondary N) is 3. The Morgan fingerprint density at radius 3 is 2.42 bits per heavy atom. The zero-order valence-corrected chi connectivity index (χ0v) is 11.5. The van der Waals surface area contributed by atoms with E-state index in [2.05, 4.69) is 25.9 Å². The van der Waals surface area contributed by atoms with Gasteiger partial charge in [-0.3, -0.25) is 0 Å². The lowest BCUT2D eigenvalue weighted by Crippen LogP contribution is -2.43. The first-order valence-corrected chi connectivity index (χ1v) is 7.34. The van der Waals surface area contributed by atoms with Gasteiger partial charge in [0.2, 0.25) is 0 Å². The second-order valence-corrected chi connectivity index (χ2v) is 6.19. The van der Waals surface area contributed by atoms with Crippen molar-refractivity contribution in [3.8, 4) is 0 Å². The van der Waals surface area contributed by atoms with Gasteiger partial charge in [0.25, 0.3) is 0 Å². The first kappa shape index (κ1) is 11.3. The highest BCUT2D eigenvalue weighted by Gasteiger charge is 2.42. The van der Waals surface area contributed by atoms with Crippen molar-refractivity contribution in [2.45, 2.75) is 51.7 Å². The highest BCUT2D eigenvalue weighted by Crippen LogP contribution is 2.45. The molecule has 4 aliphatic rings. The van der Waals surface area contributed by atoms with Crippen LogP contribution in [-0.2, 0) is 0 Å². The minimum atomic E-state index is 0.0269. The lowest BCUT2D eigenvalue weighted by atomic mass is 10.1. The summed E-state index contributed by atoms with van der Waals surface area (Å²) in [6.07, 6.45) is 5.54. The molecule has 0 spiro atoms. The highest BCUT2D eigenvalue weighted by molar-refractivity contribution is 5.88. The van der Waals surface area contributed by atoms with Crippen LogP contribution in [0.2, 0.25) is 0 Å². The smallest absolute Gasteiger partial charge is 0.166 e. The van der Waals surface area contributed by atoms with Crippen LogP contribution in [0.3, 0.4) is 0 Å². The van der Waals surface area contributed by atoms with E-state index >= 15 is 0 Å². The lowest BCUT2D eigenvalue weighted by Gasteiger charge is -2.26. The molecule has 2 saturated carbocycles. The predicted molar refractivity (Wildman–Crippen MR) is 75.7 cm³/mol. The summed E-state index contributed by atoms with van der Waals surface area (Å²) in [6.45, 7) is 4.00. The quantitative estimate of drug-likeness (QED) is 0.713. The number of fused-ring (bicyclic) bond motifs is 1. The van der Waals surface area contributed by atoms with E-state index in [0.717, 1.165) is 35.0 Å². The number of hydrogen-bond acceptors (Lipinski definition) is 5. The molecule has 2 aliphatic carbocycles. The van der Waals surface area contributed by atoms with E-state index in [0.29, 0.717) is 6.04 Å². The van der Waals surface area contributed by atoms with Crippen LogP contribution in [-0.4, -0.2) is 23.9 Å². The molecule has 5 nitrogen and oxygen atoms in total. The molecule has 0 bridgehead atoms. The summed E-state index contributed by atoms with van der Waals surface area (Å²) in [6, 6.07) is 0.625. The van der Waals surface area contributed by atoms with Gasteiger partial charge in [-0.05, 0) is 51.4 Å². The van der Waals surface area contributed by atoms with Gasteiger partial charge in [-0.25, -0.2) is 9.98 Å². The van der Waals surface area contributed by atoms with Crippen LogP contribution in [0.15, 0.2) is 21.5 Å². The van der Waals surface area contributed by atoms with Crippen LogP contribution in [0.5, 0.6) is 0 Å². The molecular weight excluding hydrogens is 238 g/mol. The molecule has 4 rings (SSSR count). The van der Waals surface area contributed by atoms with Crippen molar-refractivity contribution in [3.63, 3.8) is 0 Å². The molecule has 3 N–H and O–H groups in total. The van der Waals surface area contributed by atoms with Crippen LogP contribution in [0.4, 0.5) is 0 Å². The Hall–Kier alpha value is -1.52.